The largest absolute Gasteiger partial charge is 0.454 e. The van der Waals surface area contributed by atoms with Crippen molar-refractivity contribution >= 4 is 34.8 Å². The molecule has 0 saturated carbocycles. The molecule has 90 valence electrons. The summed E-state index contributed by atoms with van der Waals surface area (Å²) in [5.41, 5.74) is 0.371. The van der Waals surface area contributed by atoms with Crippen LogP contribution in [0, 0.1) is 11.3 Å². The molecular weight excluding hydrogens is 293 g/mol. The standard InChI is InChI=1S/C13H6Cl3NO/c14-9-2-1-8(7-17)12(5-9)18-13-6-10(15)3-4-11(13)16/h1-6H. The van der Waals surface area contributed by atoms with E-state index in [1.54, 1.807) is 36.4 Å². The summed E-state index contributed by atoms with van der Waals surface area (Å²) in [6.45, 7) is 0. The van der Waals surface area contributed by atoms with Gasteiger partial charge in [-0.2, -0.15) is 5.26 Å². The molecule has 5 heteroatoms. The van der Waals surface area contributed by atoms with Gasteiger partial charge in [-0.1, -0.05) is 34.8 Å². The van der Waals surface area contributed by atoms with Gasteiger partial charge < -0.3 is 4.74 Å². The number of halogens is 3. The van der Waals surface area contributed by atoms with Crippen LogP contribution in [-0.2, 0) is 0 Å². The molecule has 0 aliphatic heterocycles. The third-order valence-electron chi connectivity index (χ3n) is 2.18. The molecule has 2 rings (SSSR count). The zero-order valence-electron chi connectivity index (χ0n) is 8.95. The average Bonchev–Trinajstić information content (AvgIpc) is 2.34. The van der Waals surface area contributed by atoms with Crippen molar-refractivity contribution in [1.29, 1.82) is 5.26 Å². The third kappa shape index (κ3) is 2.88. The lowest BCUT2D eigenvalue weighted by molar-refractivity contribution is 0.481. The van der Waals surface area contributed by atoms with Crippen LogP contribution in [0.1, 0.15) is 5.56 Å². The number of nitrogens with zero attached hydrogens (tertiary/aromatic N) is 1. The lowest BCUT2D eigenvalue weighted by Gasteiger charge is -2.09. The van der Waals surface area contributed by atoms with Gasteiger partial charge in [-0.3, -0.25) is 0 Å². The smallest absolute Gasteiger partial charge is 0.147 e. The third-order valence-corrected chi connectivity index (χ3v) is 2.96. The first-order valence-electron chi connectivity index (χ1n) is 4.92. The summed E-state index contributed by atoms with van der Waals surface area (Å²) in [6, 6.07) is 11.6. The molecule has 0 atom stereocenters. The maximum atomic E-state index is 8.98. The molecule has 18 heavy (non-hydrogen) atoms. The highest BCUT2D eigenvalue weighted by molar-refractivity contribution is 6.34. The molecule has 0 spiro atoms. The van der Waals surface area contributed by atoms with Crippen LogP contribution in [0.25, 0.3) is 0 Å². The Balaban J connectivity index is 2.43. The Morgan fingerprint density at radius 3 is 2.17 bits per heavy atom. The van der Waals surface area contributed by atoms with Gasteiger partial charge in [-0.15, -0.1) is 0 Å². The zero-order valence-corrected chi connectivity index (χ0v) is 11.2. The van der Waals surface area contributed by atoms with Crippen LogP contribution >= 0.6 is 34.8 Å². The zero-order chi connectivity index (χ0) is 13.1. The first-order chi connectivity index (χ1) is 8.60. The monoisotopic (exact) mass is 297 g/mol. The lowest BCUT2D eigenvalue weighted by atomic mass is 10.2. The maximum absolute atomic E-state index is 8.98. The normalized spacial score (nSPS) is 9.89. The average molecular weight is 299 g/mol. The quantitative estimate of drug-likeness (QED) is 0.752. The van der Waals surface area contributed by atoms with Crippen LogP contribution in [0.3, 0.4) is 0 Å². The SMILES string of the molecule is N#Cc1ccc(Cl)cc1Oc1cc(Cl)ccc1Cl. The number of benzene rings is 2. The number of rotatable bonds is 2. The fourth-order valence-electron chi connectivity index (χ4n) is 1.35. The van der Waals surface area contributed by atoms with E-state index in [4.69, 9.17) is 44.8 Å². The first-order valence-corrected chi connectivity index (χ1v) is 6.06. The van der Waals surface area contributed by atoms with Gasteiger partial charge in [-0.05, 0) is 24.3 Å². The van der Waals surface area contributed by atoms with E-state index in [9.17, 15) is 0 Å². The van der Waals surface area contributed by atoms with Crippen LogP contribution in [0.15, 0.2) is 36.4 Å². The molecule has 0 amide bonds. The molecule has 0 aromatic heterocycles. The molecular formula is C13H6Cl3NO. The van der Waals surface area contributed by atoms with Gasteiger partial charge >= 0.3 is 0 Å². The highest BCUT2D eigenvalue weighted by atomic mass is 35.5. The van der Waals surface area contributed by atoms with Crippen molar-refractivity contribution in [2.45, 2.75) is 0 Å². The number of hydrogen-bond acceptors (Lipinski definition) is 2. The van der Waals surface area contributed by atoms with Crippen LogP contribution < -0.4 is 4.74 Å². The van der Waals surface area contributed by atoms with Crippen molar-refractivity contribution in [2.24, 2.45) is 0 Å². The van der Waals surface area contributed by atoms with E-state index in [2.05, 4.69) is 0 Å². The van der Waals surface area contributed by atoms with Gasteiger partial charge in [-0.25, -0.2) is 0 Å². The fraction of sp³-hybridized carbons (Fsp3) is 0. The number of ether oxygens (including phenoxy) is 1. The van der Waals surface area contributed by atoms with Gasteiger partial charge in [0.25, 0.3) is 0 Å². The van der Waals surface area contributed by atoms with Crippen LogP contribution in [0.5, 0.6) is 11.5 Å². The Labute approximate surface area is 119 Å². The van der Waals surface area contributed by atoms with Gasteiger partial charge in [0.2, 0.25) is 0 Å². The molecule has 2 aromatic carbocycles. The summed E-state index contributed by atoms with van der Waals surface area (Å²) in [5, 5.41) is 10.4. The summed E-state index contributed by atoms with van der Waals surface area (Å²) < 4.78 is 5.57. The van der Waals surface area contributed by atoms with Gasteiger partial charge in [0.05, 0.1) is 10.6 Å². The molecule has 0 aliphatic rings. The van der Waals surface area contributed by atoms with Crippen molar-refractivity contribution in [1.82, 2.24) is 0 Å². The van der Waals surface area contributed by atoms with Crippen molar-refractivity contribution in [3.63, 3.8) is 0 Å². The summed E-state index contributed by atoms with van der Waals surface area (Å²) in [6.07, 6.45) is 0. The minimum absolute atomic E-state index is 0.342. The van der Waals surface area contributed by atoms with Crippen molar-refractivity contribution in [2.75, 3.05) is 0 Å². The highest BCUT2D eigenvalue weighted by Gasteiger charge is 2.09. The molecule has 2 aromatic rings. The predicted octanol–water partition coefficient (Wildman–Crippen LogP) is 5.31. The molecule has 0 bridgehead atoms. The summed E-state index contributed by atoms with van der Waals surface area (Å²) in [5.74, 6) is 0.720. The lowest BCUT2D eigenvalue weighted by Crippen LogP contribution is -1.89. The van der Waals surface area contributed by atoms with E-state index < -0.39 is 0 Å². The van der Waals surface area contributed by atoms with Crippen LogP contribution in [0.2, 0.25) is 15.1 Å². The maximum Gasteiger partial charge on any atom is 0.147 e. The highest BCUT2D eigenvalue weighted by Crippen LogP contribution is 2.34. The Bertz CT molecular complexity index is 635. The van der Waals surface area contributed by atoms with Crippen LogP contribution in [0.4, 0.5) is 0 Å². The molecule has 0 N–H and O–H groups in total. The van der Waals surface area contributed by atoms with Crippen molar-refractivity contribution in [3.8, 4) is 17.6 Å². The molecule has 0 heterocycles. The molecule has 2 nitrogen and oxygen atoms in total. The van der Waals surface area contributed by atoms with Gasteiger partial charge in [0.1, 0.15) is 17.6 Å². The minimum Gasteiger partial charge on any atom is -0.454 e. The van der Waals surface area contributed by atoms with Gasteiger partial charge in [0, 0.05) is 22.2 Å². The van der Waals surface area contributed by atoms with Crippen molar-refractivity contribution in [3.05, 3.63) is 57.0 Å². The Morgan fingerprint density at radius 1 is 0.889 bits per heavy atom. The Hall–Kier alpha value is -1.40. The van der Waals surface area contributed by atoms with Crippen LogP contribution in [-0.4, -0.2) is 0 Å². The number of hydrogen-bond donors (Lipinski definition) is 0. The molecule has 0 radical (unpaired) electrons. The predicted molar refractivity (Wildman–Crippen MR) is 72.7 cm³/mol. The molecule has 0 unspecified atom stereocenters. The summed E-state index contributed by atoms with van der Waals surface area (Å²) >= 11 is 17.7. The second-order valence-electron chi connectivity index (χ2n) is 3.43. The Morgan fingerprint density at radius 2 is 1.50 bits per heavy atom. The fourth-order valence-corrected chi connectivity index (χ4v) is 1.83. The molecule has 0 saturated heterocycles. The first kappa shape index (κ1) is 13.0. The number of nitriles is 1. The van der Waals surface area contributed by atoms with E-state index in [0.29, 0.717) is 32.1 Å². The minimum atomic E-state index is 0.342. The van der Waals surface area contributed by atoms with Gasteiger partial charge in [0.15, 0.2) is 0 Å². The molecule has 0 fully saturated rings. The topological polar surface area (TPSA) is 33.0 Å². The second-order valence-corrected chi connectivity index (χ2v) is 4.71. The summed E-state index contributed by atoms with van der Waals surface area (Å²) in [4.78, 5) is 0. The van der Waals surface area contributed by atoms with E-state index in [1.807, 2.05) is 6.07 Å². The van der Waals surface area contributed by atoms with Crippen molar-refractivity contribution < 1.29 is 4.74 Å². The summed E-state index contributed by atoms with van der Waals surface area (Å²) in [7, 11) is 0. The van der Waals surface area contributed by atoms with E-state index in [0.717, 1.165) is 0 Å². The Kier molecular flexibility index (Phi) is 3.98. The van der Waals surface area contributed by atoms with E-state index in [-0.39, 0.29) is 0 Å². The second kappa shape index (κ2) is 5.49. The van der Waals surface area contributed by atoms with E-state index >= 15 is 0 Å². The van der Waals surface area contributed by atoms with E-state index in [1.165, 1.54) is 0 Å². The molecule has 0 aliphatic carbocycles.